The molecule has 1 unspecified atom stereocenters. The molecule has 2 aliphatic heterocycles. The molecule has 8 heteroatoms. The van der Waals surface area contributed by atoms with Crippen molar-refractivity contribution in [1.82, 2.24) is 9.80 Å². The minimum atomic E-state index is -0.579. The van der Waals surface area contributed by atoms with Crippen LogP contribution in [0.15, 0.2) is 18.2 Å². The van der Waals surface area contributed by atoms with Gasteiger partial charge in [-0.2, -0.15) is 0 Å². The first-order chi connectivity index (χ1) is 12.2. The van der Waals surface area contributed by atoms with E-state index in [4.69, 9.17) is 4.74 Å². The van der Waals surface area contributed by atoms with E-state index in [1.165, 1.54) is 6.07 Å². The van der Waals surface area contributed by atoms with Gasteiger partial charge in [-0.25, -0.2) is 4.79 Å². The molecule has 26 heavy (non-hydrogen) atoms. The van der Waals surface area contributed by atoms with Crippen molar-refractivity contribution in [3.63, 3.8) is 0 Å². The van der Waals surface area contributed by atoms with Crippen molar-refractivity contribution < 1.29 is 19.2 Å². The number of hydrogen-bond donors (Lipinski definition) is 0. The molecule has 2 heterocycles. The second-order valence-electron chi connectivity index (χ2n) is 7.72. The molecule has 1 fully saturated rings. The predicted octanol–water partition coefficient (Wildman–Crippen LogP) is 2.95. The lowest BCUT2D eigenvalue weighted by Crippen LogP contribution is -2.50. The standard InChI is InChI=1S/C18H23N3O5/c1-18(2,3)26-17(23)19-9-5-7-13(11-19)20-10-12-6-4-8-14(21(24)25)15(12)16(20)22/h4,6,8,13H,5,7,9-11H2,1-3H3. The number of likely N-dealkylation sites (tertiary alicyclic amines) is 1. The molecule has 8 nitrogen and oxygen atoms in total. The third-order valence-electron chi connectivity index (χ3n) is 4.63. The van der Waals surface area contributed by atoms with Crippen molar-refractivity contribution in [3.05, 3.63) is 39.4 Å². The summed E-state index contributed by atoms with van der Waals surface area (Å²) in [6.07, 6.45) is 1.12. The molecule has 2 aliphatic rings. The fraction of sp³-hybridized carbons (Fsp3) is 0.556. The van der Waals surface area contributed by atoms with E-state index in [2.05, 4.69) is 0 Å². The summed E-state index contributed by atoms with van der Waals surface area (Å²) in [5.41, 5.74) is 0.102. The van der Waals surface area contributed by atoms with Gasteiger partial charge in [-0.15, -0.1) is 0 Å². The van der Waals surface area contributed by atoms with Gasteiger partial charge < -0.3 is 14.5 Å². The highest BCUT2D eigenvalue weighted by atomic mass is 16.6. The Labute approximate surface area is 151 Å². The number of benzene rings is 1. The largest absolute Gasteiger partial charge is 0.444 e. The van der Waals surface area contributed by atoms with Gasteiger partial charge in [-0.1, -0.05) is 12.1 Å². The van der Waals surface area contributed by atoms with Gasteiger partial charge in [0.25, 0.3) is 11.6 Å². The van der Waals surface area contributed by atoms with Crippen LogP contribution in [0.5, 0.6) is 0 Å². The van der Waals surface area contributed by atoms with Crippen LogP contribution in [0.25, 0.3) is 0 Å². The van der Waals surface area contributed by atoms with E-state index in [1.54, 1.807) is 21.9 Å². The number of fused-ring (bicyclic) bond motifs is 1. The third-order valence-corrected chi connectivity index (χ3v) is 4.63. The molecule has 0 saturated carbocycles. The fourth-order valence-electron chi connectivity index (χ4n) is 3.51. The normalized spacial score (nSPS) is 20.1. The Kier molecular flexibility index (Phi) is 4.60. The monoisotopic (exact) mass is 361 g/mol. The molecule has 0 N–H and O–H groups in total. The zero-order valence-electron chi connectivity index (χ0n) is 15.2. The Bertz CT molecular complexity index is 756. The number of amides is 2. The number of ether oxygens (including phenoxy) is 1. The van der Waals surface area contributed by atoms with E-state index in [-0.39, 0.29) is 23.2 Å². The van der Waals surface area contributed by atoms with Crippen molar-refractivity contribution in [1.29, 1.82) is 0 Å². The van der Waals surface area contributed by atoms with Crippen LogP contribution in [-0.4, -0.2) is 51.5 Å². The fourth-order valence-corrected chi connectivity index (χ4v) is 3.51. The van der Waals surface area contributed by atoms with Gasteiger partial charge in [0.2, 0.25) is 0 Å². The van der Waals surface area contributed by atoms with E-state index >= 15 is 0 Å². The van der Waals surface area contributed by atoms with Gasteiger partial charge >= 0.3 is 6.09 Å². The van der Waals surface area contributed by atoms with Crippen molar-refractivity contribution in [2.24, 2.45) is 0 Å². The molecular weight excluding hydrogens is 338 g/mol. The van der Waals surface area contributed by atoms with Crippen molar-refractivity contribution in [3.8, 4) is 0 Å². The van der Waals surface area contributed by atoms with Crippen molar-refractivity contribution in [2.75, 3.05) is 13.1 Å². The van der Waals surface area contributed by atoms with Crippen LogP contribution in [0.4, 0.5) is 10.5 Å². The molecule has 1 aromatic carbocycles. The smallest absolute Gasteiger partial charge is 0.410 e. The summed E-state index contributed by atoms with van der Waals surface area (Å²) in [6.45, 7) is 6.73. The van der Waals surface area contributed by atoms with E-state index in [0.29, 0.717) is 25.2 Å². The Balaban J connectivity index is 1.76. The van der Waals surface area contributed by atoms with Crippen LogP contribution in [0, 0.1) is 10.1 Å². The van der Waals surface area contributed by atoms with Crippen LogP contribution >= 0.6 is 0 Å². The SMILES string of the molecule is CC(C)(C)OC(=O)N1CCCC(N2Cc3cccc([N+](=O)[O-])c3C2=O)C1. The first kappa shape index (κ1) is 18.2. The van der Waals surface area contributed by atoms with Gasteiger partial charge in [0.1, 0.15) is 11.2 Å². The van der Waals surface area contributed by atoms with E-state index in [0.717, 1.165) is 12.8 Å². The summed E-state index contributed by atoms with van der Waals surface area (Å²) in [5, 5.41) is 11.2. The Morgan fingerprint density at radius 3 is 2.73 bits per heavy atom. The molecule has 3 rings (SSSR count). The highest BCUT2D eigenvalue weighted by molar-refractivity contribution is 6.02. The molecule has 1 saturated heterocycles. The van der Waals surface area contributed by atoms with Gasteiger partial charge in [0.05, 0.1) is 11.0 Å². The Morgan fingerprint density at radius 2 is 2.08 bits per heavy atom. The summed E-state index contributed by atoms with van der Waals surface area (Å²) >= 11 is 0. The highest BCUT2D eigenvalue weighted by Crippen LogP contribution is 2.33. The lowest BCUT2D eigenvalue weighted by molar-refractivity contribution is -0.385. The van der Waals surface area contributed by atoms with Crippen LogP contribution < -0.4 is 0 Å². The number of carbonyl (C=O) groups excluding carboxylic acids is 2. The first-order valence-corrected chi connectivity index (χ1v) is 8.72. The molecule has 0 aromatic heterocycles. The summed E-state index contributed by atoms with van der Waals surface area (Å²) in [5.74, 6) is -0.330. The second kappa shape index (κ2) is 6.59. The van der Waals surface area contributed by atoms with Crippen LogP contribution in [0.2, 0.25) is 0 Å². The topological polar surface area (TPSA) is 93.0 Å². The second-order valence-corrected chi connectivity index (χ2v) is 7.72. The first-order valence-electron chi connectivity index (χ1n) is 8.72. The maximum absolute atomic E-state index is 12.8. The lowest BCUT2D eigenvalue weighted by Gasteiger charge is -2.38. The molecule has 0 bridgehead atoms. The average molecular weight is 361 g/mol. The molecule has 0 aliphatic carbocycles. The zero-order valence-corrected chi connectivity index (χ0v) is 15.2. The molecule has 140 valence electrons. The number of rotatable bonds is 2. The average Bonchev–Trinajstić information content (AvgIpc) is 2.90. The molecule has 0 spiro atoms. The van der Waals surface area contributed by atoms with Crippen molar-refractivity contribution >= 4 is 17.7 Å². The lowest BCUT2D eigenvalue weighted by atomic mass is 10.0. The molecule has 1 aromatic rings. The number of carbonyl (C=O) groups is 2. The van der Waals surface area contributed by atoms with E-state index in [1.807, 2.05) is 20.8 Å². The Morgan fingerprint density at radius 1 is 1.35 bits per heavy atom. The number of nitro groups is 1. The maximum atomic E-state index is 12.8. The van der Waals surface area contributed by atoms with Gasteiger partial charge in [0, 0.05) is 25.7 Å². The van der Waals surface area contributed by atoms with Crippen LogP contribution in [-0.2, 0) is 11.3 Å². The quantitative estimate of drug-likeness (QED) is 0.596. The summed E-state index contributed by atoms with van der Waals surface area (Å²) in [4.78, 5) is 39.1. The summed E-state index contributed by atoms with van der Waals surface area (Å²) in [7, 11) is 0. The van der Waals surface area contributed by atoms with Crippen LogP contribution in [0.3, 0.4) is 0 Å². The van der Waals surface area contributed by atoms with Gasteiger partial charge in [-0.3, -0.25) is 14.9 Å². The van der Waals surface area contributed by atoms with Crippen molar-refractivity contribution in [2.45, 2.75) is 51.8 Å². The molecule has 0 radical (unpaired) electrons. The Hall–Kier alpha value is -2.64. The zero-order chi connectivity index (χ0) is 19.1. The van der Waals surface area contributed by atoms with Crippen LogP contribution in [0.1, 0.15) is 49.5 Å². The number of nitro benzene ring substituents is 1. The molecular formula is C18H23N3O5. The third kappa shape index (κ3) is 3.49. The van der Waals surface area contributed by atoms with Gasteiger partial charge in [0.15, 0.2) is 0 Å². The minimum absolute atomic E-state index is 0.158. The highest BCUT2D eigenvalue weighted by Gasteiger charge is 2.40. The minimum Gasteiger partial charge on any atom is -0.444 e. The number of piperidine rings is 1. The number of nitrogens with zero attached hydrogens (tertiary/aromatic N) is 3. The molecule has 1 atom stereocenters. The maximum Gasteiger partial charge on any atom is 0.410 e. The number of hydrogen-bond acceptors (Lipinski definition) is 5. The summed E-state index contributed by atoms with van der Waals surface area (Å²) in [6, 6.07) is 4.53. The van der Waals surface area contributed by atoms with Gasteiger partial charge in [-0.05, 0) is 39.2 Å². The van der Waals surface area contributed by atoms with E-state index < -0.39 is 16.6 Å². The summed E-state index contributed by atoms with van der Waals surface area (Å²) < 4.78 is 5.42. The molecule has 2 amide bonds. The van der Waals surface area contributed by atoms with E-state index in [9.17, 15) is 19.7 Å². The predicted molar refractivity (Wildman–Crippen MR) is 93.8 cm³/mol.